The van der Waals surface area contributed by atoms with Gasteiger partial charge >= 0.3 is 6.36 Å². The van der Waals surface area contributed by atoms with Gasteiger partial charge in [-0.2, -0.15) is 0 Å². The number of rotatable bonds is 3. The number of nitro groups is 1. The van der Waals surface area contributed by atoms with E-state index in [1.54, 1.807) is 0 Å². The standard InChI is InChI=1S/C8H6BrF3N2O3/c1-4-6(14(15)16)2-7(5(3-9)13-4)17-8(10,11)12/h2H,3H2,1H3. The largest absolute Gasteiger partial charge is 0.573 e. The molecule has 0 bridgehead atoms. The highest BCUT2D eigenvalue weighted by Gasteiger charge is 2.33. The summed E-state index contributed by atoms with van der Waals surface area (Å²) in [5.41, 5.74) is -0.543. The maximum absolute atomic E-state index is 12.1. The Balaban J connectivity index is 3.26. The van der Waals surface area contributed by atoms with Gasteiger partial charge in [0, 0.05) is 5.33 Å². The van der Waals surface area contributed by atoms with E-state index in [0.29, 0.717) is 6.07 Å². The number of halogens is 4. The number of pyridine rings is 1. The SMILES string of the molecule is Cc1nc(CBr)c(OC(F)(F)F)cc1[N+](=O)[O-]. The molecule has 17 heavy (non-hydrogen) atoms. The lowest BCUT2D eigenvalue weighted by atomic mass is 10.2. The molecule has 0 N–H and O–H groups in total. The predicted octanol–water partition coefficient (Wildman–Crippen LogP) is 3.09. The Morgan fingerprint density at radius 2 is 2.18 bits per heavy atom. The molecular weight excluding hydrogens is 309 g/mol. The van der Waals surface area contributed by atoms with Gasteiger partial charge in [0.1, 0.15) is 5.69 Å². The first-order chi connectivity index (χ1) is 7.74. The van der Waals surface area contributed by atoms with Gasteiger partial charge < -0.3 is 4.74 Å². The van der Waals surface area contributed by atoms with Crippen LogP contribution in [0.15, 0.2) is 6.07 Å². The van der Waals surface area contributed by atoms with Gasteiger partial charge in [0.15, 0.2) is 5.75 Å². The Hall–Kier alpha value is -1.38. The van der Waals surface area contributed by atoms with Crippen LogP contribution >= 0.6 is 15.9 Å². The second-order valence-electron chi connectivity index (χ2n) is 2.98. The minimum absolute atomic E-state index is 0.00273. The molecule has 0 radical (unpaired) electrons. The molecule has 0 saturated heterocycles. The van der Waals surface area contributed by atoms with Crippen LogP contribution < -0.4 is 4.74 Å². The van der Waals surface area contributed by atoms with Crippen LogP contribution in [0.4, 0.5) is 18.9 Å². The molecule has 0 aliphatic rings. The quantitative estimate of drug-likeness (QED) is 0.488. The third-order valence-corrected chi connectivity index (χ3v) is 2.31. The summed E-state index contributed by atoms with van der Waals surface area (Å²) in [4.78, 5) is 13.4. The molecule has 0 aromatic carbocycles. The van der Waals surface area contributed by atoms with Crippen molar-refractivity contribution in [1.82, 2.24) is 4.98 Å². The zero-order valence-electron chi connectivity index (χ0n) is 8.42. The lowest BCUT2D eigenvalue weighted by molar-refractivity contribution is -0.386. The maximum atomic E-state index is 12.1. The lowest BCUT2D eigenvalue weighted by Crippen LogP contribution is -2.18. The molecule has 0 aliphatic heterocycles. The van der Waals surface area contributed by atoms with E-state index in [1.807, 2.05) is 0 Å². The lowest BCUT2D eigenvalue weighted by Gasteiger charge is -2.11. The third kappa shape index (κ3) is 3.55. The summed E-state index contributed by atoms with van der Waals surface area (Å²) in [5.74, 6) is -0.674. The number of hydrogen-bond donors (Lipinski definition) is 0. The van der Waals surface area contributed by atoms with E-state index in [4.69, 9.17) is 0 Å². The summed E-state index contributed by atoms with van der Waals surface area (Å²) in [7, 11) is 0. The Labute approximate surface area is 102 Å². The topological polar surface area (TPSA) is 65.3 Å². The predicted molar refractivity (Wildman–Crippen MR) is 54.9 cm³/mol. The highest BCUT2D eigenvalue weighted by Crippen LogP contribution is 2.31. The average molecular weight is 315 g/mol. The molecule has 0 unspecified atom stereocenters. The second kappa shape index (κ2) is 4.86. The summed E-state index contributed by atoms with van der Waals surface area (Å²) < 4.78 is 39.8. The fourth-order valence-corrected chi connectivity index (χ4v) is 1.52. The summed E-state index contributed by atoms with van der Waals surface area (Å²) in [6, 6.07) is 0.715. The summed E-state index contributed by atoms with van der Waals surface area (Å²) >= 11 is 2.93. The molecule has 0 amide bonds. The molecule has 1 aromatic rings. The number of aryl methyl sites for hydroxylation is 1. The molecule has 5 nitrogen and oxygen atoms in total. The molecule has 1 aromatic heterocycles. The molecular formula is C8H6BrF3N2O3. The van der Waals surface area contributed by atoms with Gasteiger partial charge in [-0.1, -0.05) is 15.9 Å². The van der Waals surface area contributed by atoms with E-state index in [9.17, 15) is 23.3 Å². The van der Waals surface area contributed by atoms with Crippen molar-refractivity contribution < 1.29 is 22.8 Å². The van der Waals surface area contributed by atoms with Crippen molar-refractivity contribution in [2.24, 2.45) is 0 Å². The summed E-state index contributed by atoms with van der Waals surface area (Å²) in [6.45, 7) is 1.33. The van der Waals surface area contributed by atoms with Crippen LogP contribution in [0, 0.1) is 17.0 Å². The van der Waals surface area contributed by atoms with Crippen molar-refractivity contribution in [3.8, 4) is 5.75 Å². The first kappa shape index (κ1) is 13.7. The zero-order valence-corrected chi connectivity index (χ0v) is 10.0. The minimum Gasteiger partial charge on any atom is -0.404 e. The van der Waals surface area contributed by atoms with Gasteiger partial charge in [-0.3, -0.25) is 10.1 Å². The molecule has 0 fully saturated rings. The van der Waals surface area contributed by atoms with E-state index in [1.165, 1.54) is 6.92 Å². The first-order valence-corrected chi connectivity index (χ1v) is 5.33. The minimum atomic E-state index is -4.91. The normalized spacial score (nSPS) is 11.4. The van der Waals surface area contributed by atoms with Crippen molar-refractivity contribution in [3.05, 3.63) is 27.6 Å². The van der Waals surface area contributed by atoms with Crippen LogP contribution in [-0.2, 0) is 5.33 Å². The van der Waals surface area contributed by atoms with Crippen molar-refractivity contribution in [2.75, 3.05) is 0 Å². The van der Waals surface area contributed by atoms with E-state index >= 15 is 0 Å². The zero-order chi connectivity index (χ0) is 13.2. The number of hydrogen-bond acceptors (Lipinski definition) is 4. The third-order valence-electron chi connectivity index (χ3n) is 1.77. The van der Waals surface area contributed by atoms with E-state index in [2.05, 4.69) is 25.7 Å². The average Bonchev–Trinajstić information content (AvgIpc) is 2.17. The van der Waals surface area contributed by atoms with Crippen molar-refractivity contribution in [2.45, 2.75) is 18.6 Å². The van der Waals surface area contributed by atoms with Crippen molar-refractivity contribution >= 4 is 21.6 Å². The van der Waals surface area contributed by atoms with Crippen molar-refractivity contribution in [3.63, 3.8) is 0 Å². The molecule has 1 heterocycles. The van der Waals surface area contributed by atoms with Gasteiger partial charge in [-0.15, -0.1) is 13.2 Å². The van der Waals surface area contributed by atoms with Gasteiger partial charge in [0.2, 0.25) is 0 Å². The van der Waals surface area contributed by atoms with Crippen LogP contribution in [0.2, 0.25) is 0 Å². The van der Waals surface area contributed by atoms with Gasteiger partial charge in [0.05, 0.1) is 16.7 Å². The molecule has 0 aliphatic carbocycles. The number of ether oxygens (including phenoxy) is 1. The molecule has 0 atom stereocenters. The smallest absolute Gasteiger partial charge is 0.404 e. The Morgan fingerprint density at radius 3 is 2.59 bits per heavy atom. The summed E-state index contributed by atoms with van der Waals surface area (Å²) in [6.07, 6.45) is -4.91. The molecule has 1 rings (SSSR count). The number of alkyl halides is 4. The van der Waals surface area contributed by atoms with Crippen LogP contribution in [-0.4, -0.2) is 16.3 Å². The highest BCUT2D eigenvalue weighted by atomic mass is 79.9. The molecule has 9 heteroatoms. The fourth-order valence-electron chi connectivity index (χ4n) is 1.12. The Bertz CT molecular complexity index is 450. The van der Waals surface area contributed by atoms with Crippen LogP contribution in [0.3, 0.4) is 0 Å². The Kier molecular flexibility index (Phi) is 3.91. The number of nitrogens with zero attached hydrogens (tertiary/aromatic N) is 2. The van der Waals surface area contributed by atoms with Crippen molar-refractivity contribution in [1.29, 1.82) is 0 Å². The number of aromatic nitrogens is 1. The second-order valence-corrected chi connectivity index (χ2v) is 3.54. The highest BCUT2D eigenvalue weighted by molar-refractivity contribution is 9.08. The van der Waals surface area contributed by atoms with E-state index in [0.717, 1.165) is 0 Å². The van der Waals surface area contributed by atoms with E-state index in [-0.39, 0.29) is 16.7 Å². The van der Waals surface area contributed by atoms with Gasteiger partial charge in [-0.25, -0.2) is 4.98 Å². The summed E-state index contributed by atoms with van der Waals surface area (Å²) in [5, 5.41) is 10.6. The van der Waals surface area contributed by atoms with Crippen LogP contribution in [0.5, 0.6) is 5.75 Å². The van der Waals surface area contributed by atoms with Crippen LogP contribution in [0.25, 0.3) is 0 Å². The maximum Gasteiger partial charge on any atom is 0.573 e. The van der Waals surface area contributed by atoms with Gasteiger partial charge in [0.25, 0.3) is 5.69 Å². The van der Waals surface area contributed by atoms with Crippen LogP contribution in [0.1, 0.15) is 11.4 Å². The van der Waals surface area contributed by atoms with E-state index < -0.39 is 22.7 Å². The Morgan fingerprint density at radius 1 is 1.59 bits per heavy atom. The monoisotopic (exact) mass is 314 g/mol. The molecule has 0 spiro atoms. The molecule has 0 saturated carbocycles. The molecule has 94 valence electrons. The van der Waals surface area contributed by atoms with Gasteiger partial charge in [-0.05, 0) is 6.92 Å². The fraction of sp³-hybridized carbons (Fsp3) is 0.375. The first-order valence-electron chi connectivity index (χ1n) is 4.21.